The molecule has 0 aromatic rings. The summed E-state index contributed by atoms with van der Waals surface area (Å²) in [6.45, 7) is 4.16. The maximum atomic E-state index is 12.3. The summed E-state index contributed by atoms with van der Waals surface area (Å²) in [7, 11) is 0. The summed E-state index contributed by atoms with van der Waals surface area (Å²) in [6, 6.07) is 0. The topological polar surface area (TPSA) is 46.5 Å². The first kappa shape index (κ1) is 13.4. The van der Waals surface area contributed by atoms with Crippen molar-refractivity contribution in [2.75, 3.05) is 18.1 Å². The number of ketones is 1. The van der Waals surface area contributed by atoms with Gasteiger partial charge in [0.05, 0.1) is 5.60 Å². The Bertz CT molecular complexity index is 295. The van der Waals surface area contributed by atoms with Crippen molar-refractivity contribution in [2.24, 2.45) is 5.92 Å². The van der Waals surface area contributed by atoms with Crippen LogP contribution in [0.25, 0.3) is 0 Å². The molecular weight excluding hydrogens is 236 g/mol. The van der Waals surface area contributed by atoms with Gasteiger partial charge in [0.1, 0.15) is 5.60 Å². The van der Waals surface area contributed by atoms with Crippen LogP contribution >= 0.6 is 11.8 Å². The van der Waals surface area contributed by atoms with Gasteiger partial charge in [-0.2, -0.15) is 11.8 Å². The van der Waals surface area contributed by atoms with Gasteiger partial charge in [0.2, 0.25) is 0 Å². The molecule has 0 bridgehead atoms. The Morgan fingerprint density at radius 2 is 2.41 bits per heavy atom. The van der Waals surface area contributed by atoms with Crippen molar-refractivity contribution in [1.82, 2.24) is 0 Å². The van der Waals surface area contributed by atoms with E-state index in [2.05, 4.69) is 0 Å². The van der Waals surface area contributed by atoms with Gasteiger partial charge in [0, 0.05) is 18.3 Å². The molecule has 0 aliphatic carbocycles. The SMILES string of the molecule is CCC(C)(O)C(=O)C1CCOC2(CCSC2)C1. The third-order valence-corrected chi connectivity index (χ3v) is 5.37. The van der Waals surface area contributed by atoms with Gasteiger partial charge in [-0.05, 0) is 38.4 Å². The maximum absolute atomic E-state index is 12.3. The second kappa shape index (κ2) is 4.90. The van der Waals surface area contributed by atoms with Crippen LogP contribution in [-0.2, 0) is 9.53 Å². The fourth-order valence-corrected chi connectivity index (χ4v) is 4.11. The number of Topliss-reactive ketones (excluding diaryl/α,β-unsaturated/α-hetero) is 1. The molecule has 1 spiro atoms. The first-order valence-electron chi connectivity index (χ1n) is 6.47. The molecule has 0 radical (unpaired) electrons. The second-order valence-corrected chi connectivity index (χ2v) is 6.62. The third-order valence-electron chi connectivity index (χ3n) is 4.15. The number of hydrogen-bond acceptors (Lipinski definition) is 4. The molecule has 0 aromatic heterocycles. The Hall–Kier alpha value is -0.0600. The molecule has 3 unspecified atom stereocenters. The molecule has 1 N–H and O–H groups in total. The summed E-state index contributed by atoms with van der Waals surface area (Å²) in [6.07, 6.45) is 3.11. The second-order valence-electron chi connectivity index (χ2n) is 5.52. The van der Waals surface area contributed by atoms with Crippen molar-refractivity contribution in [3.8, 4) is 0 Å². The van der Waals surface area contributed by atoms with E-state index in [1.165, 1.54) is 0 Å². The van der Waals surface area contributed by atoms with Crippen molar-refractivity contribution in [3.63, 3.8) is 0 Å². The molecule has 4 heteroatoms. The van der Waals surface area contributed by atoms with Gasteiger partial charge in [-0.15, -0.1) is 0 Å². The highest BCUT2D eigenvalue weighted by Gasteiger charge is 2.45. The lowest BCUT2D eigenvalue weighted by atomic mass is 9.78. The smallest absolute Gasteiger partial charge is 0.167 e. The molecule has 2 aliphatic heterocycles. The molecule has 3 atom stereocenters. The average molecular weight is 258 g/mol. The highest BCUT2D eigenvalue weighted by molar-refractivity contribution is 7.99. The minimum absolute atomic E-state index is 0.0135. The van der Waals surface area contributed by atoms with Crippen LogP contribution in [0.3, 0.4) is 0 Å². The lowest BCUT2D eigenvalue weighted by molar-refractivity contribution is -0.150. The normalized spacial score (nSPS) is 37.0. The molecular formula is C13H22O3S. The van der Waals surface area contributed by atoms with Crippen LogP contribution in [0.2, 0.25) is 0 Å². The predicted molar refractivity (Wildman–Crippen MR) is 69.3 cm³/mol. The fourth-order valence-electron chi connectivity index (χ4n) is 2.73. The molecule has 2 fully saturated rings. The van der Waals surface area contributed by atoms with E-state index in [0.717, 1.165) is 30.8 Å². The zero-order valence-corrected chi connectivity index (χ0v) is 11.5. The molecule has 98 valence electrons. The highest BCUT2D eigenvalue weighted by atomic mass is 32.2. The summed E-state index contributed by atoms with van der Waals surface area (Å²) in [5, 5.41) is 10.1. The number of carbonyl (C=O) groups excluding carboxylic acids is 1. The molecule has 2 aliphatic rings. The Morgan fingerprint density at radius 1 is 1.65 bits per heavy atom. The number of hydrogen-bond donors (Lipinski definition) is 1. The molecule has 0 aromatic carbocycles. The van der Waals surface area contributed by atoms with E-state index in [0.29, 0.717) is 13.0 Å². The van der Waals surface area contributed by atoms with Crippen LogP contribution < -0.4 is 0 Å². The van der Waals surface area contributed by atoms with E-state index in [1.807, 2.05) is 18.7 Å². The van der Waals surface area contributed by atoms with Crippen molar-refractivity contribution < 1.29 is 14.6 Å². The minimum atomic E-state index is -1.16. The van der Waals surface area contributed by atoms with E-state index in [-0.39, 0.29) is 17.3 Å². The zero-order chi connectivity index (χ0) is 12.5. The maximum Gasteiger partial charge on any atom is 0.167 e. The van der Waals surface area contributed by atoms with Gasteiger partial charge < -0.3 is 9.84 Å². The van der Waals surface area contributed by atoms with Crippen LogP contribution in [0.4, 0.5) is 0 Å². The molecule has 2 saturated heterocycles. The quantitative estimate of drug-likeness (QED) is 0.841. The third kappa shape index (κ3) is 2.69. The number of carbonyl (C=O) groups is 1. The summed E-state index contributed by atoms with van der Waals surface area (Å²) in [5.74, 6) is 2.13. The van der Waals surface area contributed by atoms with Crippen molar-refractivity contribution in [3.05, 3.63) is 0 Å². The van der Waals surface area contributed by atoms with Gasteiger partial charge >= 0.3 is 0 Å². The summed E-state index contributed by atoms with van der Waals surface area (Å²) < 4.78 is 5.90. The summed E-state index contributed by atoms with van der Waals surface area (Å²) >= 11 is 1.91. The van der Waals surface area contributed by atoms with Crippen molar-refractivity contribution in [1.29, 1.82) is 0 Å². The van der Waals surface area contributed by atoms with Crippen LogP contribution in [0.5, 0.6) is 0 Å². The van der Waals surface area contributed by atoms with Gasteiger partial charge in [-0.25, -0.2) is 0 Å². The Labute approximate surface area is 107 Å². The number of ether oxygens (including phenoxy) is 1. The number of aliphatic hydroxyl groups is 1. The lowest BCUT2D eigenvalue weighted by Crippen LogP contribution is -2.47. The standard InChI is InChI=1S/C13H22O3S/c1-3-12(2,15)11(14)10-4-6-16-13(8-10)5-7-17-9-13/h10,15H,3-9H2,1-2H3. The molecule has 3 nitrogen and oxygen atoms in total. The Balaban J connectivity index is 2.04. The van der Waals surface area contributed by atoms with E-state index in [9.17, 15) is 9.90 Å². The predicted octanol–water partition coefficient (Wildman–Crippen LogP) is 2.02. The average Bonchev–Trinajstić information content (AvgIpc) is 2.76. The first-order valence-corrected chi connectivity index (χ1v) is 7.63. The van der Waals surface area contributed by atoms with E-state index in [1.54, 1.807) is 6.92 Å². The molecule has 2 heterocycles. The van der Waals surface area contributed by atoms with Gasteiger partial charge in [-0.1, -0.05) is 6.92 Å². The van der Waals surface area contributed by atoms with Crippen LogP contribution in [0.15, 0.2) is 0 Å². The van der Waals surface area contributed by atoms with Crippen molar-refractivity contribution in [2.45, 2.75) is 50.7 Å². The van der Waals surface area contributed by atoms with Gasteiger partial charge in [0.15, 0.2) is 5.78 Å². The number of thioether (sulfide) groups is 1. The van der Waals surface area contributed by atoms with Crippen LogP contribution in [0.1, 0.15) is 39.5 Å². The molecule has 17 heavy (non-hydrogen) atoms. The lowest BCUT2D eigenvalue weighted by Gasteiger charge is -2.39. The van der Waals surface area contributed by atoms with E-state index >= 15 is 0 Å². The largest absolute Gasteiger partial charge is 0.382 e. The first-order chi connectivity index (χ1) is 7.99. The van der Waals surface area contributed by atoms with E-state index in [4.69, 9.17) is 4.74 Å². The van der Waals surface area contributed by atoms with E-state index < -0.39 is 5.60 Å². The van der Waals surface area contributed by atoms with Crippen LogP contribution in [0, 0.1) is 5.92 Å². The number of rotatable bonds is 3. The van der Waals surface area contributed by atoms with Crippen molar-refractivity contribution >= 4 is 17.5 Å². The highest BCUT2D eigenvalue weighted by Crippen LogP contribution is 2.41. The Morgan fingerprint density at radius 3 is 3.00 bits per heavy atom. The fraction of sp³-hybridized carbons (Fsp3) is 0.923. The molecule has 0 amide bonds. The Kier molecular flexibility index (Phi) is 3.86. The molecule has 2 rings (SSSR count). The monoisotopic (exact) mass is 258 g/mol. The molecule has 0 saturated carbocycles. The summed E-state index contributed by atoms with van der Waals surface area (Å²) in [4.78, 5) is 12.3. The van der Waals surface area contributed by atoms with Gasteiger partial charge in [0.25, 0.3) is 0 Å². The zero-order valence-electron chi connectivity index (χ0n) is 10.7. The summed E-state index contributed by atoms with van der Waals surface area (Å²) in [5.41, 5.74) is -1.23. The minimum Gasteiger partial charge on any atom is -0.382 e. The van der Waals surface area contributed by atoms with Crippen LogP contribution in [-0.4, -0.2) is 40.2 Å². The van der Waals surface area contributed by atoms with Gasteiger partial charge in [-0.3, -0.25) is 4.79 Å².